The molecule has 0 N–H and O–H groups in total. The zero-order valence-electron chi connectivity index (χ0n) is 7.96. The number of hydrogen-bond donors (Lipinski definition) is 0. The van der Waals surface area contributed by atoms with E-state index in [1.807, 2.05) is 12.1 Å². The molecule has 0 amide bonds. The molecule has 3 heteroatoms. The van der Waals surface area contributed by atoms with E-state index < -0.39 is 0 Å². The van der Waals surface area contributed by atoms with Crippen molar-refractivity contribution in [3.05, 3.63) is 23.4 Å². The standard InChI is InChI=1S/C10H14ClNS/c1-3-5-8(2)13-10-7-4-6-9(11)12-10/h4,6-8H,3,5H2,1-2H3. The fourth-order valence-electron chi connectivity index (χ4n) is 1.13. The van der Waals surface area contributed by atoms with Gasteiger partial charge in [-0.15, -0.1) is 11.8 Å². The molecule has 1 aromatic rings. The van der Waals surface area contributed by atoms with Crippen molar-refractivity contribution in [3.8, 4) is 0 Å². The van der Waals surface area contributed by atoms with Crippen LogP contribution in [0, 0.1) is 0 Å². The highest BCUT2D eigenvalue weighted by atomic mass is 35.5. The van der Waals surface area contributed by atoms with Crippen LogP contribution in [-0.4, -0.2) is 10.2 Å². The lowest BCUT2D eigenvalue weighted by Gasteiger charge is -2.08. The van der Waals surface area contributed by atoms with Crippen LogP contribution in [0.4, 0.5) is 0 Å². The fourth-order valence-corrected chi connectivity index (χ4v) is 2.41. The summed E-state index contributed by atoms with van der Waals surface area (Å²) in [5.74, 6) is 0. The molecule has 1 heterocycles. The summed E-state index contributed by atoms with van der Waals surface area (Å²) < 4.78 is 0. The van der Waals surface area contributed by atoms with E-state index in [0.29, 0.717) is 10.4 Å². The van der Waals surface area contributed by atoms with Gasteiger partial charge in [-0.25, -0.2) is 4.98 Å². The summed E-state index contributed by atoms with van der Waals surface area (Å²) in [5.41, 5.74) is 0. The number of nitrogens with zero attached hydrogens (tertiary/aromatic N) is 1. The van der Waals surface area contributed by atoms with Gasteiger partial charge in [0.15, 0.2) is 0 Å². The third kappa shape index (κ3) is 4.01. The number of aromatic nitrogens is 1. The highest BCUT2D eigenvalue weighted by molar-refractivity contribution is 7.99. The summed E-state index contributed by atoms with van der Waals surface area (Å²) in [5, 5.41) is 2.22. The molecule has 0 saturated heterocycles. The second-order valence-electron chi connectivity index (χ2n) is 3.02. The van der Waals surface area contributed by atoms with Crippen LogP contribution in [0.3, 0.4) is 0 Å². The van der Waals surface area contributed by atoms with Gasteiger partial charge in [0.25, 0.3) is 0 Å². The number of rotatable bonds is 4. The quantitative estimate of drug-likeness (QED) is 0.556. The molecule has 1 aromatic heterocycles. The van der Waals surface area contributed by atoms with Gasteiger partial charge in [0, 0.05) is 5.25 Å². The monoisotopic (exact) mass is 215 g/mol. The van der Waals surface area contributed by atoms with Gasteiger partial charge in [-0.3, -0.25) is 0 Å². The number of hydrogen-bond acceptors (Lipinski definition) is 2. The first-order chi connectivity index (χ1) is 6.22. The second-order valence-corrected chi connectivity index (χ2v) is 4.86. The molecule has 0 aliphatic carbocycles. The van der Waals surface area contributed by atoms with E-state index in [9.17, 15) is 0 Å². The van der Waals surface area contributed by atoms with E-state index in [4.69, 9.17) is 11.6 Å². The van der Waals surface area contributed by atoms with Crippen molar-refractivity contribution in [2.75, 3.05) is 0 Å². The van der Waals surface area contributed by atoms with E-state index in [1.165, 1.54) is 12.8 Å². The van der Waals surface area contributed by atoms with Gasteiger partial charge in [0.1, 0.15) is 5.15 Å². The Hall–Kier alpha value is -0.210. The maximum absolute atomic E-state index is 5.78. The average molecular weight is 216 g/mol. The maximum atomic E-state index is 5.78. The molecule has 0 radical (unpaired) electrons. The van der Waals surface area contributed by atoms with Gasteiger partial charge in [-0.05, 0) is 18.6 Å². The largest absolute Gasteiger partial charge is 0.230 e. The fraction of sp³-hybridized carbons (Fsp3) is 0.500. The zero-order valence-corrected chi connectivity index (χ0v) is 9.53. The molecule has 1 unspecified atom stereocenters. The normalized spacial score (nSPS) is 12.8. The van der Waals surface area contributed by atoms with Gasteiger partial charge in [0.2, 0.25) is 0 Å². The zero-order chi connectivity index (χ0) is 9.68. The Morgan fingerprint density at radius 1 is 1.54 bits per heavy atom. The Morgan fingerprint density at radius 2 is 2.31 bits per heavy atom. The maximum Gasteiger partial charge on any atom is 0.130 e. The first-order valence-electron chi connectivity index (χ1n) is 4.51. The van der Waals surface area contributed by atoms with Crippen molar-refractivity contribution >= 4 is 23.4 Å². The van der Waals surface area contributed by atoms with Crippen molar-refractivity contribution in [2.45, 2.75) is 37.0 Å². The number of thioether (sulfide) groups is 1. The van der Waals surface area contributed by atoms with Gasteiger partial charge in [-0.1, -0.05) is 37.9 Å². The van der Waals surface area contributed by atoms with Crippen LogP contribution in [0.5, 0.6) is 0 Å². The molecule has 0 spiro atoms. The Labute approximate surface area is 88.9 Å². The summed E-state index contributed by atoms with van der Waals surface area (Å²) in [6.45, 7) is 4.42. The van der Waals surface area contributed by atoms with Crippen LogP contribution in [0.15, 0.2) is 23.2 Å². The number of pyridine rings is 1. The topological polar surface area (TPSA) is 12.9 Å². The number of halogens is 1. The molecule has 0 bridgehead atoms. The van der Waals surface area contributed by atoms with Crippen molar-refractivity contribution in [3.63, 3.8) is 0 Å². The summed E-state index contributed by atoms with van der Waals surface area (Å²) in [6, 6.07) is 5.75. The van der Waals surface area contributed by atoms with E-state index >= 15 is 0 Å². The van der Waals surface area contributed by atoms with E-state index in [1.54, 1.807) is 17.8 Å². The van der Waals surface area contributed by atoms with Crippen LogP contribution in [0.2, 0.25) is 5.15 Å². The molecule has 1 rings (SSSR count). The minimum absolute atomic E-state index is 0.577. The lowest BCUT2D eigenvalue weighted by atomic mass is 10.3. The second kappa shape index (κ2) is 5.51. The summed E-state index contributed by atoms with van der Waals surface area (Å²) in [7, 11) is 0. The van der Waals surface area contributed by atoms with Gasteiger partial charge in [0.05, 0.1) is 5.03 Å². The van der Waals surface area contributed by atoms with Crippen molar-refractivity contribution < 1.29 is 0 Å². The Balaban J connectivity index is 2.53. The predicted octanol–water partition coefficient (Wildman–Crippen LogP) is 4.02. The Bertz CT molecular complexity index is 265. The molecule has 0 aliphatic rings. The first kappa shape index (κ1) is 10.9. The van der Waals surface area contributed by atoms with Crippen molar-refractivity contribution in [1.82, 2.24) is 4.98 Å². The Kier molecular flexibility index (Phi) is 4.60. The van der Waals surface area contributed by atoms with Crippen molar-refractivity contribution in [1.29, 1.82) is 0 Å². The molecule has 13 heavy (non-hydrogen) atoms. The average Bonchev–Trinajstić information content (AvgIpc) is 2.04. The molecule has 0 aliphatic heterocycles. The van der Waals surface area contributed by atoms with Crippen LogP contribution in [0.25, 0.3) is 0 Å². The predicted molar refractivity (Wildman–Crippen MR) is 59.5 cm³/mol. The van der Waals surface area contributed by atoms with Gasteiger partial charge in [-0.2, -0.15) is 0 Å². The van der Waals surface area contributed by atoms with E-state index in [-0.39, 0.29) is 0 Å². The molecular formula is C10H14ClNS. The smallest absolute Gasteiger partial charge is 0.130 e. The highest BCUT2D eigenvalue weighted by Gasteiger charge is 2.04. The molecule has 0 saturated carbocycles. The Morgan fingerprint density at radius 3 is 2.92 bits per heavy atom. The van der Waals surface area contributed by atoms with Crippen LogP contribution in [0.1, 0.15) is 26.7 Å². The lowest BCUT2D eigenvalue weighted by molar-refractivity contribution is 0.785. The minimum atomic E-state index is 0.577. The third-order valence-corrected chi connectivity index (χ3v) is 3.02. The molecule has 0 fully saturated rings. The van der Waals surface area contributed by atoms with Crippen LogP contribution in [-0.2, 0) is 0 Å². The van der Waals surface area contributed by atoms with Gasteiger partial charge >= 0.3 is 0 Å². The summed E-state index contributed by atoms with van der Waals surface area (Å²) in [4.78, 5) is 4.22. The van der Waals surface area contributed by atoms with Crippen LogP contribution < -0.4 is 0 Å². The third-order valence-electron chi connectivity index (χ3n) is 1.71. The minimum Gasteiger partial charge on any atom is -0.230 e. The molecule has 1 nitrogen and oxygen atoms in total. The summed E-state index contributed by atoms with van der Waals surface area (Å²) in [6.07, 6.45) is 2.44. The highest BCUT2D eigenvalue weighted by Crippen LogP contribution is 2.24. The van der Waals surface area contributed by atoms with Crippen molar-refractivity contribution in [2.24, 2.45) is 0 Å². The SMILES string of the molecule is CCCC(C)Sc1cccc(Cl)n1. The first-order valence-corrected chi connectivity index (χ1v) is 5.77. The van der Waals surface area contributed by atoms with Crippen LogP contribution >= 0.6 is 23.4 Å². The summed E-state index contributed by atoms with van der Waals surface area (Å²) >= 11 is 7.57. The molecular weight excluding hydrogens is 202 g/mol. The lowest BCUT2D eigenvalue weighted by Crippen LogP contribution is -1.95. The molecule has 72 valence electrons. The molecule has 0 aromatic carbocycles. The van der Waals surface area contributed by atoms with Gasteiger partial charge < -0.3 is 0 Å². The molecule has 1 atom stereocenters. The van der Waals surface area contributed by atoms with E-state index in [2.05, 4.69) is 18.8 Å². The van der Waals surface area contributed by atoms with E-state index in [0.717, 1.165) is 5.03 Å².